The van der Waals surface area contributed by atoms with Crippen molar-refractivity contribution in [3.05, 3.63) is 32.3 Å². The molecular formula is C11H14Cl2N2O5S. The molecule has 1 unspecified atom stereocenters. The first kappa shape index (κ1) is 18.1. The van der Waals surface area contributed by atoms with Crippen molar-refractivity contribution in [3.63, 3.8) is 0 Å². The van der Waals surface area contributed by atoms with Crippen molar-refractivity contribution in [3.8, 4) is 0 Å². The van der Waals surface area contributed by atoms with Gasteiger partial charge in [-0.2, -0.15) is 0 Å². The zero-order valence-corrected chi connectivity index (χ0v) is 13.4. The van der Waals surface area contributed by atoms with Crippen molar-refractivity contribution in [2.24, 2.45) is 0 Å². The molecule has 7 nitrogen and oxygen atoms in total. The lowest BCUT2D eigenvalue weighted by molar-refractivity contribution is -0.384. The van der Waals surface area contributed by atoms with Gasteiger partial charge in [-0.15, -0.1) is 0 Å². The number of sulfonamides is 1. The number of halogens is 2. The number of aliphatic hydroxyl groups excluding tert-OH is 1. The Balaban J connectivity index is 2.99. The molecule has 0 radical (unpaired) electrons. The fourth-order valence-electron chi connectivity index (χ4n) is 1.58. The molecule has 0 aliphatic heterocycles. The summed E-state index contributed by atoms with van der Waals surface area (Å²) in [6.07, 6.45) is 0.316. The van der Waals surface area contributed by atoms with Crippen LogP contribution in [-0.4, -0.2) is 31.1 Å². The average molecular weight is 357 g/mol. The molecule has 1 rings (SSSR count). The van der Waals surface area contributed by atoms with Crippen molar-refractivity contribution in [1.82, 2.24) is 4.72 Å². The molecule has 0 aromatic heterocycles. The third-order valence-corrected chi connectivity index (χ3v) is 4.90. The lowest BCUT2D eigenvalue weighted by Gasteiger charge is -2.09. The summed E-state index contributed by atoms with van der Waals surface area (Å²) in [5.74, 6) is 0. The molecule has 0 saturated heterocycles. The molecule has 0 spiro atoms. The number of nitrogens with one attached hydrogen (secondary N) is 1. The summed E-state index contributed by atoms with van der Waals surface area (Å²) in [7, 11) is -3.99. The monoisotopic (exact) mass is 356 g/mol. The molecular weight excluding hydrogens is 343 g/mol. The Morgan fingerprint density at radius 1 is 1.43 bits per heavy atom. The molecule has 21 heavy (non-hydrogen) atoms. The third-order valence-electron chi connectivity index (χ3n) is 2.59. The zero-order chi connectivity index (χ0) is 16.2. The second kappa shape index (κ2) is 7.37. The maximum absolute atomic E-state index is 12.1. The summed E-state index contributed by atoms with van der Waals surface area (Å²) in [4.78, 5) is 9.61. The van der Waals surface area contributed by atoms with E-state index >= 15 is 0 Å². The first-order chi connectivity index (χ1) is 9.66. The van der Waals surface area contributed by atoms with Gasteiger partial charge >= 0.3 is 5.69 Å². The normalized spacial score (nSPS) is 13.1. The third kappa shape index (κ3) is 4.79. The van der Waals surface area contributed by atoms with Crippen molar-refractivity contribution < 1.29 is 18.4 Å². The van der Waals surface area contributed by atoms with Crippen LogP contribution in [0.1, 0.15) is 19.8 Å². The molecule has 0 aliphatic rings. The van der Waals surface area contributed by atoms with Gasteiger partial charge in [-0.05, 0) is 31.9 Å². The van der Waals surface area contributed by atoms with Crippen LogP contribution in [0.2, 0.25) is 10.0 Å². The second-order valence-electron chi connectivity index (χ2n) is 4.35. The van der Waals surface area contributed by atoms with Gasteiger partial charge in [0, 0.05) is 6.54 Å². The van der Waals surface area contributed by atoms with Gasteiger partial charge in [0.1, 0.15) is 14.9 Å². The van der Waals surface area contributed by atoms with E-state index in [0.29, 0.717) is 12.8 Å². The molecule has 0 heterocycles. The van der Waals surface area contributed by atoms with E-state index < -0.39 is 36.7 Å². The van der Waals surface area contributed by atoms with Gasteiger partial charge in [-0.25, -0.2) is 13.1 Å². The minimum atomic E-state index is -3.99. The maximum atomic E-state index is 12.1. The minimum absolute atomic E-state index is 0.0833. The predicted octanol–water partition coefficient (Wildman–Crippen LogP) is 2.34. The van der Waals surface area contributed by atoms with Crippen molar-refractivity contribution in [2.45, 2.75) is 30.8 Å². The number of hydrogen-bond donors (Lipinski definition) is 2. The lowest BCUT2D eigenvalue weighted by Crippen LogP contribution is -2.25. The number of rotatable bonds is 7. The Bertz CT molecular complexity index is 634. The van der Waals surface area contributed by atoms with Crippen LogP contribution < -0.4 is 4.72 Å². The number of nitrogens with zero attached hydrogens (tertiary/aromatic N) is 1. The molecule has 0 bridgehead atoms. The highest BCUT2D eigenvalue weighted by molar-refractivity contribution is 7.89. The Labute approximate surface area is 132 Å². The highest BCUT2D eigenvalue weighted by Crippen LogP contribution is 2.36. The van der Waals surface area contributed by atoms with E-state index in [0.717, 1.165) is 12.1 Å². The lowest BCUT2D eigenvalue weighted by atomic mass is 10.2. The van der Waals surface area contributed by atoms with Crippen molar-refractivity contribution in [1.29, 1.82) is 0 Å². The second-order valence-corrected chi connectivity index (χ2v) is 6.87. The van der Waals surface area contributed by atoms with E-state index in [4.69, 9.17) is 28.3 Å². The van der Waals surface area contributed by atoms with Gasteiger partial charge in [0.25, 0.3) is 0 Å². The Morgan fingerprint density at radius 2 is 2.05 bits per heavy atom. The van der Waals surface area contributed by atoms with Crippen LogP contribution in [0, 0.1) is 10.1 Å². The van der Waals surface area contributed by atoms with Crippen LogP contribution in [0.3, 0.4) is 0 Å². The Hall–Kier alpha value is -0.930. The van der Waals surface area contributed by atoms with Gasteiger partial charge in [0.2, 0.25) is 10.0 Å². The highest BCUT2D eigenvalue weighted by Gasteiger charge is 2.27. The molecule has 0 saturated carbocycles. The maximum Gasteiger partial charge on any atom is 0.307 e. The average Bonchev–Trinajstić information content (AvgIpc) is 2.33. The molecule has 2 N–H and O–H groups in total. The van der Waals surface area contributed by atoms with E-state index in [9.17, 15) is 18.5 Å². The summed E-state index contributed by atoms with van der Waals surface area (Å²) < 4.78 is 26.4. The molecule has 118 valence electrons. The van der Waals surface area contributed by atoms with E-state index in [1.54, 1.807) is 6.92 Å². The van der Waals surface area contributed by atoms with Gasteiger partial charge in [0.05, 0.1) is 11.0 Å². The van der Waals surface area contributed by atoms with Gasteiger partial charge < -0.3 is 5.11 Å². The molecule has 1 aromatic carbocycles. The number of nitro groups is 1. The van der Waals surface area contributed by atoms with Gasteiger partial charge in [-0.3, -0.25) is 10.1 Å². The Kier molecular flexibility index (Phi) is 6.36. The summed E-state index contributed by atoms with van der Waals surface area (Å²) in [5, 5.41) is 19.2. The smallest absolute Gasteiger partial charge is 0.307 e. The van der Waals surface area contributed by atoms with E-state index in [1.165, 1.54) is 0 Å². The van der Waals surface area contributed by atoms with E-state index in [1.807, 2.05) is 0 Å². The topological polar surface area (TPSA) is 110 Å². The standard InChI is InChI=1S/C11H14Cl2N2O5S/c1-7(16)3-2-6-14-21(19,20)9-5-4-8(12)11(10(9)13)15(17)18/h4-5,7,14,16H,2-3,6H2,1H3. The summed E-state index contributed by atoms with van der Waals surface area (Å²) in [6, 6.07) is 2.21. The summed E-state index contributed by atoms with van der Waals surface area (Å²) in [6.45, 7) is 1.67. The Morgan fingerprint density at radius 3 is 2.57 bits per heavy atom. The molecule has 0 amide bonds. The van der Waals surface area contributed by atoms with Crippen LogP contribution in [0.25, 0.3) is 0 Å². The largest absolute Gasteiger partial charge is 0.393 e. The van der Waals surface area contributed by atoms with Gasteiger partial charge in [-0.1, -0.05) is 23.2 Å². The van der Waals surface area contributed by atoms with E-state index in [-0.39, 0.29) is 11.6 Å². The first-order valence-corrected chi connectivity index (χ1v) is 8.21. The first-order valence-electron chi connectivity index (χ1n) is 5.97. The van der Waals surface area contributed by atoms with Crippen molar-refractivity contribution >= 4 is 38.9 Å². The van der Waals surface area contributed by atoms with Crippen LogP contribution in [-0.2, 0) is 10.0 Å². The molecule has 1 atom stereocenters. The molecule has 1 aromatic rings. The molecule has 0 fully saturated rings. The van der Waals surface area contributed by atoms with Crippen LogP contribution >= 0.6 is 23.2 Å². The van der Waals surface area contributed by atoms with Crippen molar-refractivity contribution in [2.75, 3.05) is 6.54 Å². The van der Waals surface area contributed by atoms with E-state index in [2.05, 4.69) is 4.72 Å². The molecule has 0 aliphatic carbocycles. The van der Waals surface area contributed by atoms with Gasteiger partial charge in [0.15, 0.2) is 0 Å². The fraction of sp³-hybridized carbons (Fsp3) is 0.455. The summed E-state index contributed by atoms with van der Waals surface area (Å²) >= 11 is 11.4. The van der Waals surface area contributed by atoms with Crippen LogP contribution in [0.5, 0.6) is 0 Å². The van der Waals surface area contributed by atoms with Crippen LogP contribution in [0.4, 0.5) is 5.69 Å². The number of benzene rings is 1. The number of hydrogen-bond acceptors (Lipinski definition) is 5. The minimum Gasteiger partial charge on any atom is -0.393 e. The zero-order valence-electron chi connectivity index (χ0n) is 11.0. The van der Waals surface area contributed by atoms with Crippen LogP contribution in [0.15, 0.2) is 17.0 Å². The number of aliphatic hydroxyl groups is 1. The highest BCUT2D eigenvalue weighted by atomic mass is 35.5. The SMILES string of the molecule is CC(O)CCCNS(=O)(=O)c1ccc(Cl)c([N+](=O)[O-])c1Cl. The quantitative estimate of drug-likeness (QED) is 0.442. The number of nitro benzene ring substituents is 1. The molecule has 10 heteroatoms. The summed E-state index contributed by atoms with van der Waals surface area (Å²) in [5.41, 5.74) is -0.648. The predicted molar refractivity (Wildman–Crippen MR) is 79.2 cm³/mol. The fourth-order valence-corrected chi connectivity index (χ4v) is 3.54.